The van der Waals surface area contributed by atoms with E-state index in [0.29, 0.717) is 23.1 Å². The summed E-state index contributed by atoms with van der Waals surface area (Å²) in [4.78, 5) is 19.7. The lowest BCUT2D eigenvalue weighted by Gasteiger charge is -2.01. The van der Waals surface area contributed by atoms with Crippen LogP contribution >= 0.6 is 11.3 Å². The zero-order valence-corrected chi connectivity index (χ0v) is 9.25. The van der Waals surface area contributed by atoms with Gasteiger partial charge in [-0.2, -0.15) is 0 Å². The fourth-order valence-corrected chi connectivity index (χ4v) is 2.34. The third-order valence-electron chi connectivity index (χ3n) is 2.49. The van der Waals surface area contributed by atoms with Crippen molar-refractivity contribution in [1.29, 1.82) is 0 Å². The number of carbonyl (C=O) groups is 1. The Bertz CT molecular complexity index is 561. The number of carbonyl (C=O) groups excluding carboxylic acids is 1. The summed E-state index contributed by atoms with van der Waals surface area (Å²) in [5, 5.41) is 4.92. The predicted octanol–water partition coefficient (Wildman–Crippen LogP) is 1.36. The van der Waals surface area contributed by atoms with E-state index >= 15 is 0 Å². The van der Waals surface area contributed by atoms with Gasteiger partial charge < -0.3 is 11.1 Å². The van der Waals surface area contributed by atoms with E-state index in [2.05, 4.69) is 15.3 Å². The smallest absolute Gasteiger partial charge is 0.251 e. The molecule has 6 heteroatoms. The van der Waals surface area contributed by atoms with Crippen LogP contribution in [-0.4, -0.2) is 21.9 Å². The molecule has 0 unspecified atom stereocenters. The molecule has 2 heterocycles. The van der Waals surface area contributed by atoms with Crippen LogP contribution in [0.5, 0.6) is 0 Å². The summed E-state index contributed by atoms with van der Waals surface area (Å²) in [7, 11) is 0. The summed E-state index contributed by atoms with van der Waals surface area (Å²) < 4.78 is 0.884. The minimum Gasteiger partial charge on any atom is -0.366 e. The molecule has 1 aliphatic rings. The van der Waals surface area contributed by atoms with Gasteiger partial charge in [0.05, 0.1) is 22.0 Å². The largest absolute Gasteiger partial charge is 0.366 e. The predicted molar refractivity (Wildman–Crippen MR) is 62.6 cm³/mol. The highest BCUT2D eigenvalue weighted by molar-refractivity contribution is 7.17. The second-order valence-electron chi connectivity index (χ2n) is 3.84. The number of amides is 1. The maximum absolute atomic E-state index is 11.2. The number of fused-ring (bicyclic) bond motifs is 1. The molecule has 5 nitrogen and oxygen atoms in total. The van der Waals surface area contributed by atoms with Crippen LogP contribution in [0.1, 0.15) is 23.2 Å². The first-order chi connectivity index (χ1) is 7.74. The molecule has 0 bridgehead atoms. The van der Waals surface area contributed by atoms with Gasteiger partial charge in [0, 0.05) is 11.4 Å². The summed E-state index contributed by atoms with van der Waals surface area (Å²) in [6.45, 7) is 0. The Morgan fingerprint density at radius 3 is 3.06 bits per heavy atom. The molecule has 1 fully saturated rings. The lowest BCUT2D eigenvalue weighted by Crippen LogP contribution is -2.11. The lowest BCUT2D eigenvalue weighted by molar-refractivity contribution is 0.100. The fraction of sp³-hybridized carbons (Fsp3) is 0.300. The molecule has 3 rings (SSSR count). The van der Waals surface area contributed by atoms with Gasteiger partial charge in [0.15, 0.2) is 0 Å². The molecule has 16 heavy (non-hydrogen) atoms. The van der Waals surface area contributed by atoms with Crippen molar-refractivity contribution in [1.82, 2.24) is 9.97 Å². The summed E-state index contributed by atoms with van der Waals surface area (Å²) in [6.07, 6.45) is 4.05. The second kappa shape index (κ2) is 3.41. The van der Waals surface area contributed by atoms with E-state index in [9.17, 15) is 4.79 Å². The molecule has 0 saturated heterocycles. The molecule has 2 aromatic heterocycles. The minimum absolute atomic E-state index is 0.442. The minimum atomic E-state index is -0.442. The maximum Gasteiger partial charge on any atom is 0.251 e. The van der Waals surface area contributed by atoms with Gasteiger partial charge >= 0.3 is 0 Å². The van der Waals surface area contributed by atoms with E-state index in [4.69, 9.17) is 5.73 Å². The zero-order valence-electron chi connectivity index (χ0n) is 8.43. The SMILES string of the molecule is NC(=O)c1csc2cnc(NC3CC3)nc12. The molecule has 0 atom stereocenters. The number of nitrogens with zero attached hydrogens (tertiary/aromatic N) is 2. The Hall–Kier alpha value is -1.69. The Labute approximate surface area is 95.7 Å². The molecule has 82 valence electrons. The Kier molecular flexibility index (Phi) is 2.03. The van der Waals surface area contributed by atoms with Gasteiger partial charge in [0.1, 0.15) is 0 Å². The van der Waals surface area contributed by atoms with Gasteiger partial charge in [-0.05, 0) is 12.8 Å². The van der Waals surface area contributed by atoms with Crippen molar-refractivity contribution in [2.75, 3.05) is 5.32 Å². The van der Waals surface area contributed by atoms with Crippen LogP contribution in [0.25, 0.3) is 10.2 Å². The lowest BCUT2D eigenvalue weighted by atomic mass is 10.3. The molecular weight excluding hydrogens is 224 g/mol. The molecular formula is C10H10N4OS. The highest BCUT2D eigenvalue weighted by atomic mass is 32.1. The quantitative estimate of drug-likeness (QED) is 0.840. The summed E-state index contributed by atoms with van der Waals surface area (Å²) in [5.41, 5.74) is 6.40. The first kappa shape index (κ1) is 9.53. The van der Waals surface area contributed by atoms with Crippen LogP contribution in [0.2, 0.25) is 0 Å². The highest BCUT2D eigenvalue weighted by Gasteiger charge is 2.22. The number of anilines is 1. The van der Waals surface area contributed by atoms with E-state index in [1.165, 1.54) is 11.3 Å². The molecule has 1 saturated carbocycles. The molecule has 0 aromatic carbocycles. The normalized spacial score (nSPS) is 15.2. The molecule has 2 aromatic rings. The average molecular weight is 234 g/mol. The number of hydrogen-bond donors (Lipinski definition) is 2. The van der Waals surface area contributed by atoms with Crippen LogP contribution in [0, 0.1) is 0 Å². The Balaban J connectivity index is 2.05. The van der Waals surface area contributed by atoms with E-state index in [1.54, 1.807) is 11.6 Å². The number of nitrogens with one attached hydrogen (secondary N) is 1. The average Bonchev–Trinajstić information content (AvgIpc) is 2.96. The van der Waals surface area contributed by atoms with Crippen molar-refractivity contribution in [3.63, 3.8) is 0 Å². The third-order valence-corrected chi connectivity index (χ3v) is 3.40. The topological polar surface area (TPSA) is 80.9 Å². The first-order valence-electron chi connectivity index (χ1n) is 5.04. The van der Waals surface area contributed by atoms with Crippen LogP contribution < -0.4 is 11.1 Å². The van der Waals surface area contributed by atoms with E-state index < -0.39 is 5.91 Å². The van der Waals surface area contributed by atoms with Gasteiger partial charge in [-0.15, -0.1) is 11.3 Å². The van der Waals surface area contributed by atoms with Gasteiger partial charge in [0.2, 0.25) is 5.95 Å². The van der Waals surface area contributed by atoms with Gasteiger partial charge in [-0.25, -0.2) is 9.97 Å². The number of hydrogen-bond acceptors (Lipinski definition) is 5. The highest BCUT2D eigenvalue weighted by Crippen LogP contribution is 2.27. The number of nitrogens with two attached hydrogens (primary N) is 1. The monoisotopic (exact) mass is 234 g/mol. The van der Waals surface area contributed by atoms with Crippen LogP contribution in [0.15, 0.2) is 11.6 Å². The van der Waals surface area contributed by atoms with Crippen molar-refractivity contribution >= 4 is 33.4 Å². The molecule has 1 aliphatic carbocycles. The van der Waals surface area contributed by atoms with Gasteiger partial charge in [0.25, 0.3) is 5.91 Å². The molecule has 0 aliphatic heterocycles. The number of rotatable bonds is 3. The Morgan fingerprint density at radius 2 is 2.38 bits per heavy atom. The van der Waals surface area contributed by atoms with Crippen molar-refractivity contribution < 1.29 is 4.79 Å². The summed E-state index contributed by atoms with van der Waals surface area (Å²) in [5.74, 6) is 0.137. The van der Waals surface area contributed by atoms with Gasteiger partial charge in [-0.1, -0.05) is 0 Å². The summed E-state index contributed by atoms with van der Waals surface area (Å²) in [6, 6.07) is 0.494. The first-order valence-corrected chi connectivity index (χ1v) is 5.92. The number of aromatic nitrogens is 2. The van der Waals surface area contributed by atoms with E-state index in [1.807, 2.05) is 0 Å². The molecule has 0 spiro atoms. The third kappa shape index (κ3) is 1.61. The second-order valence-corrected chi connectivity index (χ2v) is 4.75. The summed E-state index contributed by atoms with van der Waals surface area (Å²) >= 11 is 1.43. The van der Waals surface area contributed by atoms with Crippen molar-refractivity contribution in [3.8, 4) is 0 Å². The maximum atomic E-state index is 11.2. The Morgan fingerprint density at radius 1 is 1.56 bits per heavy atom. The van der Waals surface area contributed by atoms with Crippen LogP contribution in [0.4, 0.5) is 5.95 Å². The standard InChI is InChI=1S/C10H10N4OS/c11-9(15)6-4-16-7-3-12-10(14-8(6)7)13-5-1-2-5/h3-5H,1-2H2,(H2,11,15)(H,12,13,14). The fourth-order valence-electron chi connectivity index (χ4n) is 1.48. The van der Waals surface area contributed by atoms with Crippen LogP contribution in [0.3, 0.4) is 0 Å². The van der Waals surface area contributed by atoms with E-state index in [-0.39, 0.29) is 0 Å². The van der Waals surface area contributed by atoms with Gasteiger partial charge in [-0.3, -0.25) is 4.79 Å². The zero-order chi connectivity index (χ0) is 11.1. The molecule has 0 radical (unpaired) electrons. The van der Waals surface area contributed by atoms with Crippen molar-refractivity contribution in [3.05, 3.63) is 17.1 Å². The van der Waals surface area contributed by atoms with Crippen molar-refractivity contribution in [2.24, 2.45) is 5.73 Å². The molecule has 3 N–H and O–H groups in total. The number of primary amides is 1. The molecule has 1 amide bonds. The van der Waals surface area contributed by atoms with Crippen LogP contribution in [-0.2, 0) is 0 Å². The van der Waals surface area contributed by atoms with Crippen molar-refractivity contribution in [2.45, 2.75) is 18.9 Å². The number of thiophene rings is 1. The van der Waals surface area contributed by atoms with E-state index in [0.717, 1.165) is 17.5 Å².